The van der Waals surface area contributed by atoms with Crippen molar-refractivity contribution < 1.29 is 0 Å². The molecule has 0 amide bonds. The number of nitrogens with zero attached hydrogens (tertiary/aromatic N) is 4. The highest BCUT2D eigenvalue weighted by Gasteiger charge is 2.08. The Morgan fingerprint density at radius 2 is 1.75 bits per heavy atom. The SMILES string of the molecule is CCCN(CCN(C)C)c1ncc(Br)cn1. The summed E-state index contributed by atoms with van der Waals surface area (Å²) >= 11 is 3.34. The zero-order valence-corrected chi connectivity index (χ0v) is 11.7. The average Bonchev–Trinajstić information content (AvgIpc) is 2.25. The first-order valence-corrected chi connectivity index (χ1v) is 6.30. The van der Waals surface area contributed by atoms with Gasteiger partial charge in [0.1, 0.15) is 0 Å². The van der Waals surface area contributed by atoms with Gasteiger partial charge in [-0.05, 0) is 36.4 Å². The van der Waals surface area contributed by atoms with Crippen LogP contribution >= 0.6 is 15.9 Å². The van der Waals surface area contributed by atoms with E-state index in [2.05, 4.69) is 56.7 Å². The second-order valence-electron chi connectivity index (χ2n) is 3.99. The number of likely N-dealkylation sites (N-methyl/N-ethyl adjacent to an activating group) is 1. The van der Waals surface area contributed by atoms with Crippen LogP contribution in [0.4, 0.5) is 5.95 Å². The first kappa shape index (κ1) is 13.4. The summed E-state index contributed by atoms with van der Waals surface area (Å²) in [4.78, 5) is 13.0. The molecule has 90 valence electrons. The van der Waals surface area contributed by atoms with Crippen LogP contribution in [-0.4, -0.2) is 48.6 Å². The molecule has 0 aliphatic heterocycles. The van der Waals surface area contributed by atoms with Gasteiger partial charge >= 0.3 is 0 Å². The van der Waals surface area contributed by atoms with Crippen LogP contribution in [0.1, 0.15) is 13.3 Å². The molecule has 1 heterocycles. The maximum absolute atomic E-state index is 4.32. The Morgan fingerprint density at radius 3 is 2.25 bits per heavy atom. The van der Waals surface area contributed by atoms with E-state index in [1.165, 1.54) is 0 Å². The molecule has 1 aromatic rings. The van der Waals surface area contributed by atoms with Gasteiger partial charge in [0, 0.05) is 32.0 Å². The number of aromatic nitrogens is 2. The Labute approximate surface area is 106 Å². The van der Waals surface area contributed by atoms with Crippen molar-refractivity contribution in [2.75, 3.05) is 38.6 Å². The molecule has 0 bridgehead atoms. The molecule has 0 aliphatic rings. The Bertz CT molecular complexity index is 299. The third-order valence-corrected chi connectivity index (χ3v) is 2.61. The molecule has 5 heteroatoms. The lowest BCUT2D eigenvalue weighted by atomic mass is 10.4. The summed E-state index contributed by atoms with van der Waals surface area (Å²) in [5, 5.41) is 0. The number of hydrogen-bond acceptors (Lipinski definition) is 4. The Morgan fingerprint density at radius 1 is 1.12 bits per heavy atom. The van der Waals surface area contributed by atoms with Crippen LogP contribution in [0.3, 0.4) is 0 Å². The summed E-state index contributed by atoms with van der Waals surface area (Å²) < 4.78 is 0.917. The Hall–Kier alpha value is -0.680. The summed E-state index contributed by atoms with van der Waals surface area (Å²) in [6.45, 7) is 5.14. The minimum atomic E-state index is 0.812. The van der Waals surface area contributed by atoms with E-state index >= 15 is 0 Å². The summed E-state index contributed by atoms with van der Waals surface area (Å²) in [6, 6.07) is 0. The molecule has 4 nitrogen and oxygen atoms in total. The van der Waals surface area contributed by atoms with E-state index in [4.69, 9.17) is 0 Å². The molecule has 1 rings (SSSR count). The number of halogens is 1. The molecule has 16 heavy (non-hydrogen) atoms. The van der Waals surface area contributed by atoms with Gasteiger partial charge in [-0.25, -0.2) is 9.97 Å². The largest absolute Gasteiger partial charge is 0.340 e. The van der Waals surface area contributed by atoms with Crippen molar-refractivity contribution in [1.82, 2.24) is 14.9 Å². The van der Waals surface area contributed by atoms with Crippen molar-refractivity contribution in [3.05, 3.63) is 16.9 Å². The second kappa shape index (κ2) is 6.81. The zero-order chi connectivity index (χ0) is 12.0. The van der Waals surface area contributed by atoms with Crippen LogP contribution in [0.2, 0.25) is 0 Å². The van der Waals surface area contributed by atoms with Gasteiger partial charge in [-0.15, -0.1) is 0 Å². The van der Waals surface area contributed by atoms with Crippen molar-refractivity contribution in [3.63, 3.8) is 0 Å². The molecule has 0 saturated carbocycles. The van der Waals surface area contributed by atoms with Gasteiger partial charge in [0.15, 0.2) is 0 Å². The molecular formula is C11H19BrN4. The fourth-order valence-electron chi connectivity index (χ4n) is 1.37. The lowest BCUT2D eigenvalue weighted by Gasteiger charge is -2.23. The van der Waals surface area contributed by atoms with Crippen LogP contribution in [0.5, 0.6) is 0 Å². The molecule has 0 radical (unpaired) electrons. The van der Waals surface area contributed by atoms with E-state index in [-0.39, 0.29) is 0 Å². The average molecular weight is 287 g/mol. The summed E-state index contributed by atoms with van der Waals surface area (Å²) in [5.41, 5.74) is 0. The Balaban J connectivity index is 2.64. The molecule has 0 N–H and O–H groups in total. The maximum Gasteiger partial charge on any atom is 0.225 e. The number of anilines is 1. The summed E-state index contributed by atoms with van der Waals surface area (Å²) in [6.07, 6.45) is 4.69. The molecule has 0 aliphatic carbocycles. The molecule has 0 saturated heterocycles. The molecule has 0 spiro atoms. The third kappa shape index (κ3) is 4.45. The van der Waals surface area contributed by atoms with E-state index in [9.17, 15) is 0 Å². The fourth-order valence-corrected chi connectivity index (χ4v) is 1.58. The fraction of sp³-hybridized carbons (Fsp3) is 0.636. The highest BCUT2D eigenvalue weighted by Crippen LogP contribution is 2.11. The lowest BCUT2D eigenvalue weighted by molar-refractivity contribution is 0.411. The van der Waals surface area contributed by atoms with Crippen molar-refractivity contribution in [3.8, 4) is 0 Å². The predicted molar refractivity (Wildman–Crippen MR) is 70.8 cm³/mol. The highest BCUT2D eigenvalue weighted by molar-refractivity contribution is 9.10. The van der Waals surface area contributed by atoms with E-state index in [0.717, 1.165) is 36.5 Å². The molecule has 0 atom stereocenters. The van der Waals surface area contributed by atoms with Crippen molar-refractivity contribution in [2.24, 2.45) is 0 Å². The molecule has 0 fully saturated rings. The first-order chi connectivity index (χ1) is 7.63. The number of hydrogen-bond donors (Lipinski definition) is 0. The van der Waals surface area contributed by atoms with Gasteiger partial charge < -0.3 is 9.80 Å². The maximum atomic E-state index is 4.32. The molecule has 0 aromatic carbocycles. The van der Waals surface area contributed by atoms with E-state index in [0.29, 0.717) is 0 Å². The van der Waals surface area contributed by atoms with Crippen LogP contribution in [0.15, 0.2) is 16.9 Å². The zero-order valence-electron chi connectivity index (χ0n) is 10.1. The summed E-state index contributed by atoms with van der Waals surface area (Å²) in [5.74, 6) is 0.812. The van der Waals surface area contributed by atoms with Crippen LogP contribution < -0.4 is 4.90 Å². The quantitative estimate of drug-likeness (QED) is 0.801. The van der Waals surface area contributed by atoms with Gasteiger partial charge in [0.05, 0.1) is 4.47 Å². The van der Waals surface area contributed by atoms with Crippen LogP contribution in [0.25, 0.3) is 0 Å². The second-order valence-corrected chi connectivity index (χ2v) is 4.91. The van der Waals surface area contributed by atoms with E-state index in [1.807, 2.05) is 0 Å². The third-order valence-electron chi connectivity index (χ3n) is 2.20. The van der Waals surface area contributed by atoms with E-state index in [1.54, 1.807) is 12.4 Å². The Kier molecular flexibility index (Phi) is 5.69. The summed E-state index contributed by atoms with van der Waals surface area (Å²) in [7, 11) is 4.15. The predicted octanol–water partition coefficient (Wildman–Crippen LogP) is 2.02. The smallest absolute Gasteiger partial charge is 0.225 e. The van der Waals surface area contributed by atoms with Gasteiger partial charge in [-0.1, -0.05) is 6.92 Å². The van der Waals surface area contributed by atoms with Gasteiger partial charge in [0.25, 0.3) is 0 Å². The van der Waals surface area contributed by atoms with Crippen molar-refractivity contribution >= 4 is 21.9 Å². The van der Waals surface area contributed by atoms with Crippen molar-refractivity contribution in [2.45, 2.75) is 13.3 Å². The molecule has 0 unspecified atom stereocenters. The topological polar surface area (TPSA) is 32.3 Å². The minimum Gasteiger partial charge on any atom is -0.340 e. The van der Waals surface area contributed by atoms with Crippen LogP contribution in [-0.2, 0) is 0 Å². The van der Waals surface area contributed by atoms with Gasteiger partial charge in [0.2, 0.25) is 5.95 Å². The highest BCUT2D eigenvalue weighted by atomic mass is 79.9. The molecular weight excluding hydrogens is 268 g/mol. The normalized spacial score (nSPS) is 10.8. The lowest BCUT2D eigenvalue weighted by Crippen LogP contribution is -2.33. The standard InChI is InChI=1S/C11H19BrN4/c1-4-5-16(7-6-15(2)3)11-13-8-10(12)9-14-11/h8-9H,4-7H2,1-3H3. The van der Waals surface area contributed by atoms with Gasteiger partial charge in [-0.3, -0.25) is 0 Å². The van der Waals surface area contributed by atoms with E-state index < -0.39 is 0 Å². The number of rotatable bonds is 6. The van der Waals surface area contributed by atoms with Crippen LogP contribution in [0, 0.1) is 0 Å². The minimum absolute atomic E-state index is 0.812. The first-order valence-electron chi connectivity index (χ1n) is 5.50. The van der Waals surface area contributed by atoms with Gasteiger partial charge in [-0.2, -0.15) is 0 Å². The van der Waals surface area contributed by atoms with Crippen molar-refractivity contribution in [1.29, 1.82) is 0 Å². The monoisotopic (exact) mass is 286 g/mol. The molecule has 1 aromatic heterocycles.